The lowest BCUT2D eigenvalue weighted by atomic mass is 9.82. The fraction of sp³-hybridized carbons (Fsp3) is 0.559. The third-order valence-electron chi connectivity index (χ3n) is 12.4. The molecule has 1 atom stereocenters. The van der Waals surface area contributed by atoms with E-state index in [1.54, 1.807) is 6.92 Å². The van der Waals surface area contributed by atoms with Crippen LogP contribution in [-0.4, -0.2) is 40.4 Å². The Labute approximate surface area is 387 Å². The molecule has 0 bridgehead atoms. The molecular weight excluding hydrogens is 773 g/mol. The van der Waals surface area contributed by atoms with Crippen LogP contribution >= 0.6 is 0 Å². The first-order valence-electron chi connectivity index (χ1n) is 24.2. The number of aliphatic hydroxyl groups excluding tert-OH is 3. The molecule has 0 aliphatic heterocycles. The average Bonchev–Trinajstić information content (AvgIpc) is 3.21. The van der Waals surface area contributed by atoms with Gasteiger partial charge in [-0.2, -0.15) is 0 Å². The van der Waals surface area contributed by atoms with Crippen LogP contribution in [-0.2, 0) is 4.79 Å². The molecule has 0 aromatic heterocycles. The van der Waals surface area contributed by atoms with Crippen LogP contribution in [0.15, 0.2) is 139 Å². The summed E-state index contributed by atoms with van der Waals surface area (Å²) < 4.78 is 0. The van der Waals surface area contributed by atoms with E-state index in [9.17, 15) is 20.1 Å². The van der Waals surface area contributed by atoms with Crippen LogP contribution in [0.25, 0.3) is 0 Å². The molecular formula is C59H90O4. The summed E-state index contributed by atoms with van der Waals surface area (Å²) >= 11 is 0. The smallest absolute Gasteiger partial charge is 0.187 e. The summed E-state index contributed by atoms with van der Waals surface area (Å²) in [6.07, 6.45) is 42.5. The Morgan fingerprint density at radius 2 is 0.683 bits per heavy atom. The van der Waals surface area contributed by atoms with E-state index in [-0.39, 0.29) is 16.9 Å². The van der Waals surface area contributed by atoms with Crippen LogP contribution in [0.4, 0.5) is 0 Å². The van der Waals surface area contributed by atoms with Crippen molar-refractivity contribution in [1.82, 2.24) is 0 Å². The summed E-state index contributed by atoms with van der Waals surface area (Å²) in [5.41, 5.74) is 15.3. The highest BCUT2D eigenvalue weighted by Crippen LogP contribution is 2.30. The minimum absolute atomic E-state index is 0.120. The first kappa shape index (κ1) is 57.4. The third-order valence-corrected chi connectivity index (χ3v) is 12.4. The highest BCUT2D eigenvalue weighted by atomic mass is 16.3. The van der Waals surface area contributed by atoms with Gasteiger partial charge in [-0.15, -0.1) is 0 Å². The molecule has 350 valence electrons. The van der Waals surface area contributed by atoms with Gasteiger partial charge in [-0.3, -0.25) is 4.79 Å². The molecule has 0 spiro atoms. The highest BCUT2D eigenvalue weighted by molar-refractivity contribution is 6.11. The zero-order valence-corrected chi connectivity index (χ0v) is 42.0. The molecule has 4 heteroatoms. The minimum atomic E-state index is -1.02. The van der Waals surface area contributed by atoms with E-state index in [1.807, 2.05) is 13.0 Å². The number of aliphatic hydroxyl groups is 3. The van der Waals surface area contributed by atoms with Gasteiger partial charge in [-0.05, 0) is 216 Å². The molecule has 2 radical (unpaired) electrons. The summed E-state index contributed by atoms with van der Waals surface area (Å²) in [6.45, 7) is 28.7. The van der Waals surface area contributed by atoms with Crippen molar-refractivity contribution in [3.05, 3.63) is 146 Å². The number of rotatable bonds is 31. The zero-order valence-electron chi connectivity index (χ0n) is 42.0. The number of hydrogen-bond donors (Lipinski definition) is 3. The number of hydrogen-bond acceptors (Lipinski definition) is 4. The van der Waals surface area contributed by atoms with E-state index in [0.717, 1.165) is 121 Å². The highest BCUT2D eigenvalue weighted by Gasteiger charge is 2.31. The number of carbonyl (C=O) groups excluding carboxylic acids is 1. The second-order valence-electron chi connectivity index (χ2n) is 18.7. The Morgan fingerprint density at radius 1 is 0.429 bits per heavy atom. The molecule has 1 aliphatic rings. The van der Waals surface area contributed by atoms with Crippen molar-refractivity contribution >= 4 is 5.78 Å². The molecule has 63 heavy (non-hydrogen) atoms. The lowest BCUT2D eigenvalue weighted by Gasteiger charge is -2.26. The van der Waals surface area contributed by atoms with Gasteiger partial charge < -0.3 is 15.3 Å². The van der Waals surface area contributed by atoms with Gasteiger partial charge in [-0.25, -0.2) is 0 Å². The minimum Gasteiger partial charge on any atom is -0.392 e. The second kappa shape index (κ2) is 33.9. The van der Waals surface area contributed by atoms with Gasteiger partial charge in [0.1, 0.15) is 0 Å². The lowest BCUT2D eigenvalue weighted by molar-refractivity contribution is -0.113. The summed E-state index contributed by atoms with van der Waals surface area (Å²) in [7, 11) is 0. The van der Waals surface area contributed by atoms with E-state index >= 15 is 0 Å². The fourth-order valence-corrected chi connectivity index (χ4v) is 7.80. The largest absolute Gasteiger partial charge is 0.392 e. The maximum absolute atomic E-state index is 12.9. The predicted molar refractivity (Wildman–Crippen MR) is 275 cm³/mol. The van der Waals surface area contributed by atoms with E-state index in [1.165, 1.54) is 50.2 Å². The summed E-state index contributed by atoms with van der Waals surface area (Å²) in [5.74, 6) is -0.272. The number of allylic oxidation sites excluding steroid dienone is 21. The summed E-state index contributed by atoms with van der Waals surface area (Å²) in [6, 6.07) is 0. The van der Waals surface area contributed by atoms with Gasteiger partial charge in [0.05, 0.1) is 19.3 Å². The Bertz CT molecular complexity index is 1800. The third kappa shape index (κ3) is 26.7. The van der Waals surface area contributed by atoms with E-state index in [0.29, 0.717) is 17.6 Å². The van der Waals surface area contributed by atoms with Crippen molar-refractivity contribution in [3.63, 3.8) is 0 Å². The SMILES string of the molecule is [CH]/C(C)=C/CC/C(C)=C/CC/C(C)=C/CC/C(C)=C/CC/C(C)=C/CC/C(C)=C/CC/C(C)=C/CC/C(C)=C/CC/C(C)=C/CC/C(C)=C/CC1=C(C)C(O)C(CO)=C(CO)C1=O. The first-order chi connectivity index (χ1) is 30.0. The topological polar surface area (TPSA) is 77.8 Å². The first-order valence-corrected chi connectivity index (χ1v) is 24.2. The second-order valence-corrected chi connectivity index (χ2v) is 18.7. The molecule has 0 amide bonds. The Hall–Kier alpha value is -3.57. The van der Waals surface area contributed by atoms with Crippen molar-refractivity contribution in [2.45, 2.75) is 204 Å². The molecule has 1 rings (SSSR count). The Kier molecular flexibility index (Phi) is 30.9. The van der Waals surface area contributed by atoms with Gasteiger partial charge in [-0.1, -0.05) is 116 Å². The molecule has 1 unspecified atom stereocenters. The quantitative estimate of drug-likeness (QED) is 0.0607. The normalized spacial score (nSPS) is 17.6. The predicted octanol–water partition coefficient (Wildman–Crippen LogP) is 16.1. The summed E-state index contributed by atoms with van der Waals surface area (Å²) in [4.78, 5) is 12.9. The molecule has 0 saturated heterocycles. The van der Waals surface area contributed by atoms with Crippen molar-refractivity contribution in [1.29, 1.82) is 0 Å². The number of ketones is 1. The molecule has 0 aromatic carbocycles. The van der Waals surface area contributed by atoms with Gasteiger partial charge in [0.15, 0.2) is 5.78 Å². The maximum Gasteiger partial charge on any atom is 0.187 e. The lowest BCUT2D eigenvalue weighted by Crippen LogP contribution is -2.29. The van der Waals surface area contributed by atoms with Crippen LogP contribution in [0.3, 0.4) is 0 Å². The van der Waals surface area contributed by atoms with Crippen molar-refractivity contribution < 1.29 is 20.1 Å². The van der Waals surface area contributed by atoms with Gasteiger partial charge >= 0.3 is 0 Å². The molecule has 0 aromatic rings. The molecule has 0 saturated carbocycles. The molecule has 3 N–H and O–H groups in total. The number of carbonyl (C=O) groups is 1. The van der Waals surface area contributed by atoms with Crippen LogP contribution in [0.5, 0.6) is 0 Å². The van der Waals surface area contributed by atoms with Crippen molar-refractivity contribution in [2.75, 3.05) is 13.2 Å². The van der Waals surface area contributed by atoms with Gasteiger partial charge in [0.25, 0.3) is 0 Å². The monoisotopic (exact) mass is 863 g/mol. The molecule has 1 aliphatic carbocycles. The Balaban J connectivity index is 2.30. The van der Waals surface area contributed by atoms with Crippen LogP contribution < -0.4 is 0 Å². The van der Waals surface area contributed by atoms with E-state index < -0.39 is 19.3 Å². The van der Waals surface area contributed by atoms with Gasteiger partial charge in [0.2, 0.25) is 0 Å². The van der Waals surface area contributed by atoms with Crippen LogP contribution in [0.1, 0.15) is 198 Å². The fourth-order valence-electron chi connectivity index (χ4n) is 7.80. The maximum atomic E-state index is 12.9. The molecule has 4 nitrogen and oxygen atoms in total. The van der Waals surface area contributed by atoms with Crippen molar-refractivity contribution in [2.24, 2.45) is 0 Å². The van der Waals surface area contributed by atoms with Crippen LogP contribution in [0, 0.1) is 6.92 Å². The van der Waals surface area contributed by atoms with Crippen LogP contribution in [0.2, 0.25) is 0 Å². The number of Topliss-reactive ketones (excluding diaryl/α,β-unsaturated/α-hetero) is 1. The molecule has 0 heterocycles. The van der Waals surface area contributed by atoms with Crippen molar-refractivity contribution in [3.8, 4) is 0 Å². The molecule has 0 fully saturated rings. The van der Waals surface area contributed by atoms with E-state index in [2.05, 4.69) is 117 Å². The zero-order chi connectivity index (χ0) is 47.2. The average molecular weight is 863 g/mol. The summed E-state index contributed by atoms with van der Waals surface area (Å²) in [5, 5.41) is 29.8. The Morgan fingerprint density at radius 3 is 0.921 bits per heavy atom. The standard InChI is InChI=1S/C59H90O4/c1-44(2)22-13-23-45(3)24-14-25-46(4)26-15-27-47(5)28-16-29-48(6)30-17-31-49(7)32-18-33-50(8)34-19-35-51(9)36-20-37-52(10)38-21-39-53(11)40-41-55-54(12)58(62)56(42-60)57(43-61)59(55)63/h1,22,24,26,28,30,32,34,36,38,40,58,60-62H,13-21,23,25,27,29,31,33,35,37,39,41-43H2,2-12H3/b44-22-,45-24+,46-26+,47-28+,48-30+,49-32+,50-34+,51-36+,52-38+,53-40+. The van der Waals surface area contributed by atoms with E-state index in [4.69, 9.17) is 6.92 Å². The van der Waals surface area contributed by atoms with Gasteiger partial charge in [0, 0.05) is 11.1 Å².